The Morgan fingerprint density at radius 1 is 0.864 bits per heavy atom. The Balaban J connectivity index is 1.91. The SMILES string of the molecule is CNC(=O)Cc1ccc(NC(=O)Cc2ccc(F)cc2)cc1. The quantitative estimate of drug-likeness (QED) is 0.890. The summed E-state index contributed by atoms with van der Waals surface area (Å²) in [6, 6.07) is 12.9. The van der Waals surface area contributed by atoms with Gasteiger partial charge in [0, 0.05) is 12.7 Å². The van der Waals surface area contributed by atoms with E-state index in [1.807, 2.05) is 0 Å². The summed E-state index contributed by atoms with van der Waals surface area (Å²) >= 11 is 0. The maximum absolute atomic E-state index is 12.8. The molecule has 2 rings (SSSR count). The Labute approximate surface area is 128 Å². The predicted octanol–water partition coefficient (Wildman–Crippen LogP) is 2.30. The first-order chi connectivity index (χ1) is 10.6. The van der Waals surface area contributed by atoms with Crippen LogP contribution in [0, 0.1) is 5.82 Å². The molecule has 0 radical (unpaired) electrons. The molecule has 22 heavy (non-hydrogen) atoms. The van der Waals surface area contributed by atoms with Gasteiger partial charge in [-0.2, -0.15) is 0 Å². The maximum atomic E-state index is 12.8. The number of halogens is 1. The van der Waals surface area contributed by atoms with Crippen molar-refractivity contribution in [1.82, 2.24) is 5.32 Å². The van der Waals surface area contributed by atoms with Gasteiger partial charge in [0.1, 0.15) is 5.82 Å². The third kappa shape index (κ3) is 4.70. The Hall–Kier alpha value is -2.69. The fourth-order valence-corrected chi connectivity index (χ4v) is 1.97. The van der Waals surface area contributed by atoms with Crippen LogP contribution in [0.5, 0.6) is 0 Å². The molecule has 2 amide bonds. The zero-order chi connectivity index (χ0) is 15.9. The molecular weight excluding hydrogens is 283 g/mol. The molecule has 0 atom stereocenters. The summed E-state index contributed by atoms with van der Waals surface area (Å²) in [5.41, 5.74) is 2.28. The summed E-state index contributed by atoms with van der Waals surface area (Å²) in [5, 5.41) is 5.32. The first-order valence-corrected chi connectivity index (χ1v) is 6.90. The van der Waals surface area contributed by atoms with Crippen LogP contribution in [0.3, 0.4) is 0 Å². The number of likely N-dealkylation sites (N-methyl/N-ethyl adjacent to an activating group) is 1. The Bertz CT molecular complexity index is 651. The van der Waals surface area contributed by atoms with Gasteiger partial charge in [-0.05, 0) is 35.4 Å². The predicted molar refractivity (Wildman–Crippen MR) is 82.9 cm³/mol. The second-order valence-corrected chi connectivity index (χ2v) is 4.90. The molecule has 0 aliphatic rings. The van der Waals surface area contributed by atoms with Crippen molar-refractivity contribution in [2.45, 2.75) is 12.8 Å². The average molecular weight is 300 g/mol. The number of carbonyl (C=O) groups excluding carboxylic acids is 2. The second-order valence-electron chi connectivity index (χ2n) is 4.90. The molecule has 0 fully saturated rings. The van der Waals surface area contributed by atoms with Crippen LogP contribution in [-0.4, -0.2) is 18.9 Å². The van der Waals surface area contributed by atoms with Crippen LogP contribution in [0.4, 0.5) is 10.1 Å². The molecule has 0 heterocycles. The van der Waals surface area contributed by atoms with Crippen LogP contribution in [0.15, 0.2) is 48.5 Å². The first-order valence-electron chi connectivity index (χ1n) is 6.90. The Kier molecular flexibility index (Phi) is 5.25. The first kappa shape index (κ1) is 15.7. The normalized spacial score (nSPS) is 10.1. The lowest BCUT2D eigenvalue weighted by Crippen LogP contribution is -2.20. The van der Waals surface area contributed by atoms with E-state index in [0.717, 1.165) is 11.1 Å². The van der Waals surface area contributed by atoms with Gasteiger partial charge in [0.25, 0.3) is 0 Å². The van der Waals surface area contributed by atoms with Crippen molar-refractivity contribution < 1.29 is 14.0 Å². The maximum Gasteiger partial charge on any atom is 0.228 e. The van der Waals surface area contributed by atoms with E-state index in [9.17, 15) is 14.0 Å². The van der Waals surface area contributed by atoms with Crippen molar-refractivity contribution in [2.24, 2.45) is 0 Å². The van der Waals surface area contributed by atoms with Crippen molar-refractivity contribution in [2.75, 3.05) is 12.4 Å². The van der Waals surface area contributed by atoms with Crippen LogP contribution in [0.25, 0.3) is 0 Å². The standard InChI is InChI=1S/C17H17FN2O2/c1-19-16(21)10-13-4-8-15(9-5-13)20-17(22)11-12-2-6-14(18)7-3-12/h2-9H,10-11H2,1H3,(H,19,21)(H,20,22). The molecule has 0 aliphatic heterocycles. The van der Waals surface area contributed by atoms with Gasteiger partial charge in [-0.25, -0.2) is 4.39 Å². The molecular formula is C17H17FN2O2. The molecule has 2 aromatic rings. The summed E-state index contributed by atoms with van der Waals surface area (Å²) in [4.78, 5) is 23.2. The molecule has 114 valence electrons. The fraction of sp³-hybridized carbons (Fsp3) is 0.176. The minimum Gasteiger partial charge on any atom is -0.359 e. The third-order valence-corrected chi connectivity index (χ3v) is 3.16. The van der Waals surface area contributed by atoms with Crippen molar-refractivity contribution in [3.05, 3.63) is 65.5 Å². The van der Waals surface area contributed by atoms with E-state index in [2.05, 4.69) is 10.6 Å². The van der Waals surface area contributed by atoms with Crippen molar-refractivity contribution >= 4 is 17.5 Å². The van der Waals surface area contributed by atoms with E-state index in [0.29, 0.717) is 12.1 Å². The van der Waals surface area contributed by atoms with E-state index < -0.39 is 0 Å². The van der Waals surface area contributed by atoms with Crippen LogP contribution in [0.2, 0.25) is 0 Å². The zero-order valence-electron chi connectivity index (χ0n) is 12.2. The summed E-state index contributed by atoms with van der Waals surface area (Å²) < 4.78 is 12.8. The van der Waals surface area contributed by atoms with Gasteiger partial charge in [0.05, 0.1) is 12.8 Å². The van der Waals surface area contributed by atoms with Crippen LogP contribution in [0.1, 0.15) is 11.1 Å². The largest absolute Gasteiger partial charge is 0.359 e. The summed E-state index contributed by atoms with van der Waals surface area (Å²) in [6.07, 6.45) is 0.487. The monoisotopic (exact) mass is 300 g/mol. The highest BCUT2D eigenvalue weighted by Crippen LogP contribution is 2.11. The minimum absolute atomic E-state index is 0.0619. The number of rotatable bonds is 5. The number of hydrogen-bond acceptors (Lipinski definition) is 2. The van der Waals surface area contributed by atoms with Gasteiger partial charge < -0.3 is 10.6 Å². The molecule has 0 aliphatic carbocycles. The fourth-order valence-electron chi connectivity index (χ4n) is 1.97. The van der Waals surface area contributed by atoms with Gasteiger partial charge >= 0.3 is 0 Å². The second kappa shape index (κ2) is 7.36. The number of anilines is 1. The highest BCUT2D eigenvalue weighted by Gasteiger charge is 2.05. The van der Waals surface area contributed by atoms with Crippen LogP contribution < -0.4 is 10.6 Å². The molecule has 0 bridgehead atoms. The molecule has 2 N–H and O–H groups in total. The minimum atomic E-state index is -0.323. The highest BCUT2D eigenvalue weighted by atomic mass is 19.1. The lowest BCUT2D eigenvalue weighted by Gasteiger charge is -2.07. The summed E-state index contributed by atoms with van der Waals surface area (Å²) in [5.74, 6) is -0.561. The van der Waals surface area contributed by atoms with Gasteiger partial charge in [-0.15, -0.1) is 0 Å². The number of hydrogen-bond donors (Lipinski definition) is 2. The van der Waals surface area contributed by atoms with E-state index in [1.165, 1.54) is 12.1 Å². The lowest BCUT2D eigenvalue weighted by molar-refractivity contribution is -0.120. The Morgan fingerprint density at radius 2 is 1.36 bits per heavy atom. The van der Waals surface area contributed by atoms with E-state index in [1.54, 1.807) is 43.4 Å². The zero-order valence-corrected chi connectivity index (χ0v) is 12.2. The van der Waals surface area contributed by atoms with E-state index >= 15 is 0 Å². The van der Waals surface area contributed by atoms with Gasteiger partial charge in [-0.1, -0.05) is 24.3 Å². The molecule has 2 aromatic carbocycles. The van der Waals surface area contributed by atoms with E-state index in [-0.39, 0.29) is 24.1 Å². The summed E-state index contributed by atoms with van der Waals surface area (Å²) in [7, 11) is 1.59. The van der Waals surface area contributed by atoms with Gasteiger partial charge in [0.15, 0.2) is 0 Å². The van der Waals surface area contributed by atoms with Crippen molar-refractivity contribution in [1.29, 1.82) is 0 Å². The number of nitrogens with one attached hydrogen (secondary N) is 2. The molecule has 0 saturated carbocycles. The van der Waals surface area contributed by atoms with Crippen molar-refractivity contribution in [3.8, 4) is 0 Å². The van der Waals surface area contributed by atoms with Crippen molar-refractivity contribution in [3.63, 3.8) is 0 Å². The van der Waals surface area contributed by atoms with E-state index in [4.69, 9.17) is 0 Å². The molecule has 0 spiro atoms. The number of benzene rings is 2. The highest BCUT2D eigenvalue weighted by molar-refractivity contribution is 5.92. The smallest absolute Gasteiger partial charge is 0.228 e. The lowest BCUT2D eigenvalue weighted by atomic mass is 10.1. The topological polar surface area (TPSA) is 58.2 Å². The molecule has 0 unspecified atom stereocenters. The van der Waals surface area contributed by atoms with Gasteiger partial charge in [-0.3, -0.25) is 9.59 Å². The van der Waals surface area contributed by atoms with Gasteiger partial charge in [0.2, 0.25) is 11.8 Å². The molecule has 5 heteroatoms. The average Bonchev–Trinajstić information content (AvgIpc) is 2.51. The molecule has 0 saturated heterocycles. The Morgan fingerprint density at radius 3 is 1.91 bits per heavy atom. The van der Waals surface area contributed by atoms with Crippen LogP contribution in [-0.2, 0) is 22.4 Å². The molecule has 0 aromatic heterocycles. The number of carbonyl (C=O) groups is 2. The number of amides is 2. The summed E-state index contributed by atoms with van der Waals surface area (Å²) in [6.45, 7) is 0. The van der Waals surface area contributed by atoms with Crippen LogP contribution >= 0.6 is 0 Å². The molecule has 4 nitrogen and oxygen atoms in total. The third-order valence-electron chi connectivity index (χ3n) is 3.16.